The number of rotatable bonds is 5. The molecule has 6 rings (SSSR count). The van der Waals surface area contributed by atoms with E-state index >= 15 is 0 Å². The van der Waals surface area contributed by atoms with E-state index in [1.807, 2.05) is 74.5 Å². The van der Waals surface area contributed by atoms with Crippen molar-refractivity contribution >= 4 is 66.3 Å². The molecular formula is C27H21N5O2S2. The molecule has 0 atom stereocenters. The Morgan fingerprint density at radius 1 is 1.03 bits per heavy atom. The summed E-state index contributed by atoms with van der Waals surface area (Å²) in [6, 6.07) is 21.4. The number of benzene rings is 3. The molecule has 6 aromatic rings. The van der Waals surface area contributed by atoms with Crippen molar-refractivity contribution in [1.82, 2.24) is 19.5 Å². The Labute approximate surface area is 214 Å². The van der Waals surface area contributed by atoms with Gasteiger partial charge in [-0.3, -0.25) is 14.2 Å². The molecule has 178 valence electrons. The van der Waals surface area contributed by atoms with Crippen LogP contribution in [0.1, 0.15) is 11.1 Å². The number of hydrogen-bond donors (Lipinski definition) is 2. The summed E-state index contributed by atoms with van der Waals surface area (Å²) >= 11 is 2.67. The van der Waals surface area contributed by atoms with E-state index in [1.165, 1.54) is 23.1 Å². The molecule has 0 unspecified atom stereocenters. The first-order valence-corrected chi connectivity index (χ1v) is 13.2. The third-order valence-electron chi connectivity index (χ3n) is 5.91. The van der Waals surface area contributed by atoms with Crippen molar-refractivity contribution in [3.63, 3.8) is 0 Å². The first-order chi connectivity index (χ1) is 17.5. The van der Waals surface area contributed by atoms with Gasteiger partial charge in [0, 0.05) is 10.9 Å². The number of amides is 1. The summed E-state index contributed by atoms with van der Waals surface area (Å²) in [6.07, 6.45) is 0. The third kappa shape index (κ3) is 4.06. The van der Waals surface area contributed by atoms with Gasteiger partial charge in [-0.1, -0.05) is 65.1 Å². The van der Waals surface area contributed by atoms with Gasteiger partial charge in [-0.2, -0.15) is 0 Å². The minimum Gasteiger partial charge on any atom is -0.349 e. The Kier molecular flexibility index (Phi) is 5.58. The van der Waals surface area contributed by atoms with Crippen LogP contribution < -0.4 is 10.9 Å². The number of H-pyrrole nitrogens is 1. The Hall–Kier alpha value is -3.95. The minimum atomic E-state index is -0.209. The molecular weight excluding hydrogens is 490 g/mol. The van der Waals surface area contributed by atoms with Crippen LogP contribution in [0.2, 0.25) is 0 Å². The smallest absolute Gasteiger partial charge is 0.283 e. The van der Waals surface area contributed by atoms with Gasteiger partial charge in [0.1, 0.15) is 11.0 Å². The molecule has 0 saturated carbocycles. The number of aromatic amines is 1. The second kappa shape index (κ2) is 8.92. The van der Waals surface area contributed by atoms with Gasteiger partial charge in [0.05, 0.1) is 21.7 Å². The molecule has 0 bridgehead atoms. The molecule has 0 aliphatic heterocycles. The SMILES string of the molecule is Cc1ccc(-n2c(SCC(=O)Nc3nc4ccc(C)cc4s3)nc3c([nH]c4ccccc43)c2=O)cc1. The fraction of sp³-hybridized carbons (Fsp3) is 0.111. The van der Waals surface area contributed by atoms with Crippen molar-refractivity contribution in [2.75, 3.05) is 11.1 Å². The van der Waals surface area contributed by atoms with Crippen LogP contribution in [0.3, 0.4) is 0 Å². The quantitative estimate of drug-likeness (QED) is 0.225. The Bertz CT molecular complexity index is 1830. The number of hydrogen-bond acceptors (Lipinski definition) is 6. The molecule has 0 saturated heterocycles. The number of aromatic nitrogens is 4. The molecule has 9 heteroatoms. The topological polar surface area (TPSA) is 92.7 Å². The maximum atomic E-state index is 13.6. The Morgan fingerprint density at radius 2 is 1.81 bits per heavy atom. The zero-order valence-corrected chi connectivity index (χ0v) is 21.2. The fourth-order valence-electron chi connectivity index (χ4n) is 4.13. The van der Waals surface area contributed by atoms with E-state index in [0.717, 1.165) is 32.2 Å². The minimum absolute atomic E-state index is 0.0844. The number of carbonyl (C=O) groups excluding carboxylic acids is 1. The van der Waals surface area contributed by atoms with Crippen LogP contribution in [0.5, 0.6) is 0 Å². The van der Waals surface area contributed by atoms with Crippen LogP contribution in [0.15, 0.2) is 76.7 Å². The van der Waals surface area contributed by atoms with Gasteiger partial charge < -0.3 is 10.3 Å². The van der Waals surface area contributed by atoms with Gasteiger partial charge in [-0.15, -0.1) is 0 Å². The van der Waals surface area contributed by atoms with Crippen molar-refractivity contribution in [1.29, 1.82) is 0 Å². The number of nitrogens with one attached hydrogen (secondary N) is 2. The number of thioether (sulfide) groups is 1. The van der Waals surface area contributed by atoms with Crippen molar-refractivity contribution in [2.24, 2.45) is 0 Å². The molecule has 36 heavy (non-hydrogen) atoms. The summed E-state index contributed by atoms with van der Waals surface area (Å²) in [6.45, 7) is 4.02. The van der Waals surface area contributed by atoms with Gasteiger partial charge >= 0.3 is 0 Å². The van der Waals surface area contributed by atoms with Crippen LogP contribution in [0.4, 0.5) is 5.13 Å². The summed E-state index contributed by atoms with van der Waals surface area (Å²) in [7, 11) is 0. The third-order valence-corrected chi connectivity index (χ3v) is 7.78. The molecule has 2 N–H and O–H groups in total. The predicted octanol–water partition coefficient (Wildman–Crippen LogP) is 5.82. The zero-order chi connectivity index (χ0) is 24.8. The highest BCUT2D eigenvalue weighted by Crippen LogP contribution is 2.28. The highest BCUT2D eigenvalue weighted by molar-refractivity contribution is 7.99. The van der Waals surface area contributed by atoms with Crippen LogP contribution in [0, 0.1) is 13.8 Å². The lowest BCUT2D eigenvalue weighted by molar-refractivity contribution is -0.113. The summed E-state index contributed by atoms with van der Waals surface area (Å²) in [4.78, 5) is 39.1. The van der Waals surface area contributed by atoms with E-state index < -0.39 is 0 Å². The maximum absolute atomic E-state index is 13.6. The van der Waals surface area contributed by atoms with Crippen molar-refractivity contribution in [3.05, 3.63) is 88.2 Å². The highest BCUT2D eigenvalue weighted by Gasteiger charge is 2.18. The summed E-state index contributed by atoms with van der Waals surface area (Å²) in [5, 5.41) is 4.77. The van der Waals surface area contributed by atoms with E-state index in [4.69, 9.17) is 4.98 Å². The summed E-state index contributed by atoms with van der Waals surface area (Å²) in [5.41, 5.74) is 5.47. The lowest BCUT2D eigenvalue weighted by Gasteiger charge is -2.12. The predicted molar refractivity (Wildman–Crippen MR) is 148 cm³/mol. The number of para-hydroxylation sites is 1. The maximum Gasteiger partial charge on any atom is 0.283 e. The van der Waals surface area contributed by atoms with E-state index in [2.05, 4.69) is 21.4 Å². The van der Waals surface area contributed by atoms with Gasteiger partial charge in [0.15, 0.2) is 10.3 Å². The highest BCUT2D eigenvalue weighted by atomic mass is 32.2. The van der Waals surface area contributed by atoms with Crippen LogP contribution in [0.25, 0.3) is 37.8 Å². The van der Waals surface area contributed by atoms with Crippen LogP contribution in [-0.4, -0.2) is 31.2 Å². The number of fused-ring (bicyclic) bond motifs is 4. The number of thiazole rings is 1. The first kappa shape index (κ1) is 22.5. The number of nitrogens with zero attached hydrogens (tertiary/aromatic N) is 3. The molecule has 3 heterocycles. The number of carbonyl (C=O) groups is 1. The number of anilines is 1. The Balaban J connectivity index is 1.36. The molecule has 3 aromatic carbocycles. The van der Waals surface area contributed by atoms with E-state index in [9.17, 15) is 9.59 Å². The lowest BCUT2D eigenvalue weighted by atomic mass is 10.2. The van der Waals surface area contributed by atoms with Crippen molar-refractivity contribution in [2.45, 2.75) is 19.0 Å². The zero-order valence-electron chi connectivity index (χ0n) is 19.5. The molecule has 3 aromatic heterocycles. The monoisotopic (exact) mass is 511 g/mol. The fourth-order valence-corrected chi connectivity index (χ4v) is 5.92. The van der Waals surface area contributed by atoms with E-state index in [-0.39, 0.29) is 17.2 Å². The van der Waals surface area contributed by atoms with Gasteiger partial charge in [0.2, 0.25) is 5.91 Å². The standard InChI is InChI=1S/C27H21N5O2S2/c1-15-7-10-17(11-8-15)32-25(34)24-23(18-5-3-4-6-19(18)28-24)31-27(32)35-14-22(33)30-26-29-20-12-9-16(2)13-21(20)36-26/h3-13,28H,14H2,1-2H3,(H,29,30,33). The molecule has 1 amide bonds. The van der Waals surface area contributed by atoms with Gasteiger partial charge in [-0.05, 0) is 49.7 Å². The molecule has 0 aliphatic carbocycles. The number of aryl methyl sites for hydroxylation is 2. The van der Waals surface area contributed by atoms with Gasteiger partial charge in [0.25, 0.3) is 5.56 Å². The van der Waals surface area contributed by atoms with E-state index in [1.54, 1.807) is 4.57 Å². The second-order valence-corrected chi connectivity index (χ2v) is 10.6. The molecule has 0 aliphatic rings. The lowest BCUT2D eigenvalue weighted by Crippen LogP contribution is -2.23. The Morgan fingerprint density at radius 3 is 2.64 bits per heavy atom. The second-order valence-electron chi connectivity index (χ2n) is 8.59. The summed E-state index contributed by atoms with van der Waals surface area (Å²) < 4.78 is 2.59. The van der Waals surface area contributed by atoms with Crippen molar-refractivity contribution in [3.8, 4) is 5.69 Å². The molecule has 7 nitrogen and oxygen atoms in total. The average Bonchev–Trinajstić information content (AvgIpc) is 3.44. The van der Waals surface area contributed by atoms with Crippen molar-refractivity contribution < 1.29 is 4.79 Å². The normalized spacial score (nSPS) is 11.5. The average molecular weight is 512 g/mol. The van der Waals surface area contributed by atoms with Gasteiger partial charge in [-0.25, -0.2) is 9.97 Å². The largest absolute Gasteiger partial charge is 0.349 e. The molecule has 0 radical (unpaired) electrons. The van der Waals surface area contributed by atoms with Crippen LogP contribution >= 0.6 is 23.1 Å². The summed E-state index contributed by atoms with van der Waals surface area (Å²) in [5.74, 6) is -0.124. The van der Waals surface area contributed by atoms with Crippen LogP contribution in [-0.2, 0) is 4.79 Å². The molecule has 0 spiro atoms. The first-order valence-electron chi connectivity index (χ1n) is 11.4. The molecule has 0 fully saturated rings. The van der Waals surface area contributed by atoms with E-state index in [0.29, 0.717) is 27.0 Å².